The number of nitrogens with zero attached hydrogens (tertiary/aromatic N) is 1. The van der Waals surface area contributed by atoms with E-state index in [0.717, 1.165) is 22.3 Å². The highest BCUT2D eigenvalue weighted by Crippen LogP contribution is 2.09. The second kappa shape index (κ2) is 7.06. The average molecular weight is 281 g/mol. The van der Waals surface area contributed by atoms with E-state index in [0.29, 0.717) is 0 Å². The van der Waals surface area contributed by atoms with E-state index in [9.17, 15) is 0 Å². The van der Waals surface area contributed by atoms with Gasteiger partial charge in [0, 0.05) is 23.5 Å². The van der Waals surface area contributed by atoms with Gasteiger partial charge in [0.25, 0.3) is 0 Å². The van der Waals surface area contributed by atoms with E-state index in [1.807, 2.05) is 54.6 Å². The molecule has 0 bridgehead atoms. The number of aromatic nitrogens is 1. The summed E-state index contributed by atoms with van der Waals surface area (Å²) in [6.45, 7) is 0. The van der Waals surface area contributed by atoms with Gasteiger partial charge in [0.15, 0.2) is 0 Å². The number of rotatable bonds is 2. The molecule has 2 aromatic carbocycles. The van der Waals surface area contributed by atoms with Crippen molar-refractivity contribution in [1.82, 2.24) is 4.98 Å². The smallest absolute Gasteiger partial charge is 0.0273 e. The van der Waals surface area contributed by atoms with E-state index >= 15 is 0 Å². The van der Waals surface area contributed by atoms with Crippen LogP contribution in [0.2, 0.25) is 0 Å². The molecule has 0 atom stereocenters. The van der Waals surface area contributed by atoms with Crippen LogP contribution in [0.15, 0.2) is 79.1 Å². The van der Waals surface area contributed by atoms with Gasteiger partial charge in [0.05, 0.1) is 0 Å². The molecule has 1 nitrogen and oxygen atoms in total. The molecule has 0 N–H and O–H groups in total. The summed E-state index contributed by atoms with van der Waals surface area (Å²) in [5, 5.41) is 0. The molecule has 3 aromatic rings. The third kappa shape index (κ3) is 3.94. The van der Waals surface area contributed by atoms with Crippen molar-refractivity contribution in [2.45, 2.75) is 0 Å². The summed E-state index contributed by atoms with van der Waals surface area (Å²) in [5.41, 5.74) is 4.35. The van der Waals surface area contributed by atoms with Gasteiger partial charge in [-0.05, 0) is 47.5 Å². The number of pyridine rings is 1. The lowest BCUT2D eigenvalue weighted by Gasteiger charge is -1.95. The summed E-state index contributed by atoms with van der Waals surface area (Å²) in [5.74, 6) is 6.34. The first-order valence-corrected chi connectivity index (χ1v) is 7.15. The van der Waals surface area contributed by atoms with E-state index in [4.69, 9.17) is 0 Å². The van der Waals surface area contributed by atoms with Crippen LogP contribution in [-0.4, -0.2) is 4.98 Å². The molecular formula is C21H15N. The van der Waals surface area contributed by atoms with Crippen LogP contribution >= 0.6 is 0 Å². The Bertz CT molecular complexity index is 805. The highest BCUT2D eigenvalue weighted by molar-refractivity contribution is 5.69. The summed E-state index contributed by atoms with van der Waals surface area (Å²) in [6, 6.07) is 22.2. The highest BCUT2D eigenvalue weighted by Gasteiger charge is 1.90. The topological polar surface area (TPSA) is 12.9 Å². The molecule has 3 rings (SSSR count). The van der Waals surface area contributed by atoms with Crippen LogP contribution in [-0.2, 0) is 0 Å². The lowest BCUT2D eigenvalue weighted by atomic mass is 10.1. The number of hydrogen-bond donors (Lipinski definition) is 0. The Hall–Kier alpha value is -3.11. The van der Waals surface area contributed by atoms with Crippen molar-refractivity contribution in [1.29, 1.82) is 0 Å². The van der Waals surface area contributed by atoms with Gasteiger partial charge in [-0.2, -0.15) is 0 Å². The Kier molecular flexibility index (Phi) is 4.44. The lowest BCUT2D eigenvalue weighted by molar-refractivity contribution is 1.32. The minimum absolute atomic E-state index is 1.02. The molecule has 0 saturated carbocycles. The molecule has 22 heavy (non-hydrogen) atoms. The minimum atomic E-state index is 1.02. The molecule has 0 spiro atoms. The van der Waals surface area contributed by atoms with E-state index in [1.54, 1.807) is 12.4 Å². The lowest BCUT2D eigenvalue weighted by Crippen LogP contribution is -1.77. The highest BCUT2D eigenvalue weighted by atomic mass is 14.6. The fraction of sp³-hybridized carbons (Fsp3) is 0. The quantitative estimate of drug-likeness (QED) is 0.623. The van der Waals surface area contributed by atoms with E-state index in [2.05, 4.69) is 41.1 Å². The Morgan fingerprint density at radius 1 is 0.591 bits per heavy atom. The second-order valence-corrected chi connectivity index (χ2v) is 4.85. The molecule has 0 saturated heterocycles. The summed E-state index contributed by atoms with van der Waals surface area (Å²) < 4.78 is 0. The molecule has 1 heterocycles. The molecule has 1 heteroatoms. The SMILES string of the molecule is C(#Cc1ccc(/C=C/c2ccncc2)cc1)c1ccccc1. The van der Waals surface area contributed by atoms with Crippen LogP contribution in [0.3, 0.4) is 0 Å². The molecule has 104 valence electrons. The van der Waals surface area contributed by atoms with Crippen LogP contribution in [0.1, 0.15) is 22.3 Å². The van der Waals surface area contributed by atoms with Crippen molar-refractivity contribution in [2.75, 3.05) is 0 Å². The zero-order valence-electron chi connectivity index (χ0n) is 12.1. The Balaban J connectivity index is 1.71. The molecule has 0 aliphatic rings. The van der Waals surface area contributed by atoms with Gasteiger partial charge >= 0.3 is 0 Å². The molecule has 0 fully saturated rings. The van der Waals surface area contributed by atoms with Gasteiger partial charge in [-0.25, -0.2) is 0 Å². The maximum absolute atomic E-state index is 4.01. The zero-order chi connectivity index (χ0) is 15.0. The van der Waals surface area contributed by atoms with Crippen molar-refractivity contribution >= 4 is 12.2 Å². The van der Waals surface area contributed by atoms with Gasteiger partial charge < -0.3 is 0 Å². The Labute approximate surface area is 131 Å². The van der Waals surface area contributed by atoms with Crippen LogP contribution in [0, 0.1) is 11.8 Å². The fourth-order valence-electron chi connectivity index (χ4n) is 2.01. The van der Waals surface area contributed by atoms with Crippen molar-refractivity contribution in [3.8, 4) is 11.8 Å². The normalized spacial score (nSPS) is 10.2. The minimum Gasteiger partial charge on any atom is -0.265 e. The van der Waals surface area contributed by atoms with Crippen molar-refractivity contribution in [3.63, 3.8) is 0 Å². The van der Waals surface area contributed by atoms with E-state index in [-0.39, 0.29) is 0 Å². The predicted octanol–water partition coefficient (Wildman–Crippen LogP) is 4.65. The van der Waals surface area contributed by atoms with Gasteiger partial charge in [-0.3, -0.25) is 4.98 Å². The standard InChI is InChI=1S/C21H15N/c1-2-4-18(5-3-1)6-7-19-8-10-20(11-9-19)12-13-21-14-16-22-17-15-21/h1-5,8-17H/b13-12+. The first-order valence-electron chi connectivity index (χ1n) is 7.15. The molecule has 0 unspecified atom stereocenters. The van der Waals surface area contributed by atoms with Crippen molar-refractivity contribution < 1.29 is 0 Å². The van der Waals surface area contributed by atoms with E-state index < -0.39 is 0 Å². The molecule has 1 aromatic heterocycles. The van der Waals surface area contributed by atoms with Gasteiger partial charge in [-0.1, -0.05) is 54.3 Å². The van der Waals surface area contributed by atoms with E-state index in [1.165, 1.54) is 0 Å². The first-order chi connectivity index (χ1) is 10.9. The maximum Gasteiger partial charge on any atom is 0.0273 e. The second-order valence-electron chi connectivity index (χ2n) is 4.85. The number of benzene rings is 2. The molecule has 0 aliphatic heterocycles. The largest absolute Gasteiger partial charge is 0.265 e. The maximum atomic E-state index is 4.01. The number of hydrogen-bond acceptors (Lipinski definition) is 1. The third-order valence-electron chi connectivity index (χ3n) is 3.21. The molecular weight excluding hydrogens is 266 g/mol. The molecule has 0 radical (unpaired) electrons. The van der Waals surface area contributed by atoms with Crippen molar-refractivity contribution in [2.24, 2.45) is 0 Å². The zero-order valence-corrected chi connectivity index (χ0v) is 12.1. The van der Waals surface area contributed by atoms with Crippen LogP contribution in [0.25, 0.3) is 12.2 Å². The first kappa shape index (κ1) is 13.9. The predicted molar refractivity (Wildman–Crippen MR) is 92.0 cm³/mol. The monoisotopic (exact) mass is 281 g/mol. The third-order valence-corrected chi connectivity index (χ3v) is 3.21. The van der Waals surface area contributed by atoms with Crippen LogP contribution < -0.4 is 0 Å². The molecule has 0 aliphatic carbocycles. The Morgan fingerprint density at radius 3 is 1.77 bits per heavy atom. The van der Waals surface area contributed by atoms with Crippen LogP contribution in [0.5, 0.6) is 0 Å². The van der Waals surface area contributed by atoms with Gasteiger partial charge in [0.1, 0.15) is 0 Å². The Morgan fingerprint density at radius 2 is 1.14 bits per heavy atom. The fourth-order valence-corrected chi connectivity index (χ4v) is 2.01. The summed E-state index contributed by atoms with van der Waals surface area (Å²) in [4.78, 5) is 4.01. The van der Waals surface area contributed by atoms with Gasteiger partial charge in [0.2, 0.25) is 0 Å². The van der Waals surface area contributed by atoms with Crippen molar-refractivity contribution in [3.05, 3.63) is 101 Å². The molecule has 0 amide bonds. The summed E-state index contributed by atoms with van der Waals surface area (Å²) in [7, 11) is 0. The van der Waals surface area contributed by atoms with Crippen LogP contribution in [0.4, 0.5) is 0 Å². The van der Waals surface area contributed by atoms with Gasteiger partial charge in [-0.15, -0.1) is 0 Å². The summed E-state index contributed by atoms with van der Waals surface area (Å²) in [6.07, 6.45) is 7.75. The summed E-state index contributed by atoms with van der Waals surface area (Å²) >= 11 is 0. The average Bonchev–Trinajstić information content (AvgIpc) is 2.61.